The quantitative estimate of drug-likeness (QED) is 0.567. The van der Waals surface area contributed by atoms with Crippen molar-refractivity contribution >= 4 is 16.4 Å². The fourth-order valence-electron chi connectivity index (χ4n) is 2.26. The maximum Gasteiger partial charge on any atom is 0.168 e. The summed E-state index contributed by atoms with van der Waals surface area (Å²) in [4.78, 5) is 0.274. The predicted octanol–water partition coefficient (Wildman–Crippen LogP) is 3.70. The van der Waals surface area contributed by atoms with Crippen LogP contribution >= 0.6 is 0 Å². The summed E-state index contributed by atoms with van der Waals surface area (Å²) >= 11 is 0. The highest BCUT2D eigenvalue weighted by Gasteiger charge is 2.09. The topological polar surface area (TPSA) is 69.4 Å². The number of nitrogen functional groups attached to an aromatic ring is 1. The Morgan fingerprint density at radius 1 is 0.783 bits per heavy atom. The first-order valence-corrected chi connectivity index (χ1v) is 8.18. The second kappa shape index (κ2) is 6.54. The molecule has 3 aromatic rings. The van der Waals surface area contributed by atoms with Crippen LogP contribution in [0, 0.1) is 0 Å². The minimum Gasteiger partial charge on any atom is -0.457 e. The van der Waals surface area contributed by atoms with Crippen LogP contribution in [0.3, 0.4) is 0 Å². The van der Waals surface area contributed by atoms with Crippen LogP contribution in [-0.4, -0.2) is 8.42 Å². The first-order valence-electron chi connectivity index (χ1n) is 7.01. The van der Waals surface area contributed by atoms with E-state index in [-0.39, 0.29) is 4.90 Å². The first-order chi connectivity index (χ1) is 11.1. The summed E-state index contributed by atoms with van der Waals surface area (Å²) in [5.74, 6) is 1.20. The van der Waals surface area contributed by atoms with Gasteiger partial charge in [-0.25, -0.2) is 8.42 Å². The molecular weight excluding hydrogens is 310 g/mol. The zero-order valence-electron chi connectivity index (χ0n) is 12.2. The zero-order chi connectivity index (χ0) is 16.2. The third kappa shape index (κ3) is 3.52. The van der Waals surface area contributed by atoms with Gasteiger partial charge in [-0.15, -0.1) is 0 Å². The molecule has 0 atom stereocenters. The molecular formula is C18H15NO3S. The summed E-state index contributed by atoms with van der Waals surface area (Å²) in [5, 5.41) is 0. The van der Waals surface area contributed by atoms with Gasteiger partial charge in [0.2, 0.25) is 0 Å². The SMILES string of the molecule is Nc1ccc(Oc2ccc([SH](=O)=O)c(-c3ccccc3)c2)cc1. The van der Waals surface area contributed by atoms with Crippen LogP contribution in [0.4, 0.5) is 5.69 Å². The Morgan fingerprint density at radius 3 is 2.09 bits per heavy atom. The number of nitrogens with two attached hydrogens (primary N) is 1. The van der Waals surface area contributed by atoms with Gasteiger partial charge >= 0.3 is 0 Å². The van der Waals surface area contributed by atoms with Crippen molar-refractivity contribution in [2.45, 2.75) is 4.90 Å². The summed E-state index contributed by atoms with van der Waals surface area (Å²) in [6, 6.07) is 21.3. The van der Waals surface area contributed by atoms with E-state index in [1.54, 1.807) is 42.5 Å². The normalized spacial score (nSPS) is 10.7. The van der Waals surface area contributed by atoms with Gasteiger partial charge in [-0.1, -0.05) is 30.3 Å². The van der Waals surface area contributed by atoms with Gasteiger partial charge in [0.1, 0.15) is 11.5 Å². The number of thiol groups is 1. The largest absolute Gasteiger partial charge is 0.457 e. The summed E-state index contributed by atoms with van der Waals surface area (Å²) in [6.45, 7) is 0. The van der Waals surface area contributed by atoms with Crippen molar-refractivity contribution in [2.75, 3.05) is 5.73 Å². The molecule has 0 aliphatic rings. The highest BCUT2D eigenvalue weighted by atomic mass is 32.2. The molecule has 4 nitrogen and oxygen atoms in total. The summed E-state index contributed by atoms with van der Waals surface area (Å²) in [7, 11) is -2.69. The minimum absolute atomic E-state index is 0.274. The molecule has 0 spiro atoms. The highest BCUT2D eigenvalue weighted by molar-refractivity contribution is 7.72. The molecule has 116 valence electrons. The fraction of sp³-hybridized carbons (Fsp3) is 0. The van der Waals surface area contributed by atoms with Crippen molar-refractivity contribution in [3.63, 3.8) is 0 Å². The zero-order valence-corrected chi connectivity index (χ0v) is 13.1. The second-order valence-corrected chi connectivity index (χ2v) is 5.97. The average molecular weight is 325 g/mol. The molecule has 5 heteroatoms. The number of ether oxygens (including phenoxy) is 1. The lowest BCUT2D eigenvalue weighted by Gasteiger charge is -2.10. The molecule has 0 amide bonds. The lowest BCUT2D eigenvalue weighted by Crippen LogP contribution is -1.91. The van der Waals surface area contributed by atoms with Crippen LogP contribution in [0.25, 0.3) is 11.1 Å². The molecule has 0 radical (unpaired) electrons. The molecule has 0 aliphatic carbocycles. The van der Waals surface area contributed by atoms with E-state index in [1.165, 1.54) is 0 Å². The molecule has 3 rings (SSSR count). The van der Waals surface area contributed by atoms with Gasteiger partial charge in [0.05, 0.1) is 4.90 Å². The third-order valence-electron chi connectivity index (χ3n) is 3.37. The highest BCUT2D eigenvalue weighted by Crippen LogP contribution is 2.31. The van der Waals surface area contributed by atoms with E-state index in [2.05, 4.69) is 0 Å². The van der Waals surface area contributed by atoms with Gasteiger partial charge in [0, 0.05) is 11.3 Å². The Morgan fingerprint density at radius 2 is 1.43 bits per heavy atom. The van der Waals surface area contributed by atoms with Crippen molar-refractivity contribution in [2.24, 2.45) is 0 Å². The number of hydrogen-bond acceptors (Lipinski definition) is 4. The van der Waals surface area contributed by atoms with Crippen LogP contribution in [0.1, 0.15) is 0 Å². The minimum atomic E-state index is -2.69. The smallest absolute Gasteiger partial charge is 0.168 e. The second-order valence-electron chi connectivity index (χ2n) is 4.97. The number of rotatable bonds is 4. The van der Waals surface area contributed by atoms with Crippen LogP contribution < -0.4 is 10.5 Å². The lowest BCUT2D eigenvalue weighted by molar-refractivity contribution is 0.482. The van der Waals surface area contributed by atoms with Gasteiger partial charge in [-0.3, -0.25) is 0 Å². The molecule has 23 heavy (non-hydrogen) atoms. The Kier molecular flexibility index (Phi) is 4.30. The first kappa shape index (κ1) is 15.1. The van der Waals surface area contributed by atoms with E-state index >= 15 is 0 Å². The van der Waals surface area contributed by atoms with Crippen LogP contribution in [0.15, 0.2) is 77.7 Å². The van der Waals surface area contributed by atoms with Gasteiger partial charge < -0.3 is 10.5 Å². The molecule has 0 saturated heterocycles. The summed E-state index contributed by atoms with van der Waals surface area (Å²) < 4.78 is 28.7. The molecule has 0 aromatic heterocycles. The monoisotopic (exact) mass is 325 g/mol. The van der Waals surface area contributed by atoms with Crippen molar-refractivity contribution in [3.8, 4) is 22.6 Å². The van der Waals surface area contributed by atoms with Gasteiger partial charge in [-0.2, -0.15) is 0 Å². The standard InChI is InChI=1S/C18H15NO3S/c19-14-6-8-15(9-7-14)22-16-10-11-18(23(20)21)17(12-16)13-4-2-1-3-5-13/h1-12,23H,19H2. The number of hydrogen-bond donors (Lipinski definition) is 2. The van der Waals surface area contributed by atoms with Crippen molar-refractivity contribution in [3.05, 3.63) is 72.8 Å². The molecule has 0 aliphatic heterocycles. The fourth-order valence-corrected chi connectivity index (χ4v) is 2.85. The molecule has 0 unspecified atom stereocenters. The van der Waals surface area contributed by atoms with Crippen LogP contribution in [0.5, 0.6) is 11.5 Å². The third-order valence-corrected chi connectivity index (χ3v) is 4.15. The van der Waals surface area contributed by atoms with Crippen molar-refractivity contribution < 1.29 is 13.2 Å². The Labute approximate surface area is 136 Å². The molecule has 0 fully saturated rings. The molecule has 0 saturated carbocycles. The molecule has 2 N–H and O–H groups in total. The van der Waals surface area contributed by atoms with E-state index in [4.69, 9.17) is 10.5 Å². The molecule has 0 bridgehead atoms. The number of anilines is 1. The van der Waals surface area contributed by atoms with Gasteiger partial charge in [0.15, 0.2) is 10.7 Å². The predicted molar refractivity (Wildman–Crippen MR) is 91.4 cm³/mol. The Balaban J connectivity index is 2.02. The summed E-state index contributed by atoms with van der Waals surface area (Å²) in [6.07, 6.45) is 0. The number of benzene rings is 3. The maximum absolute atomic E-state index is 11.5. The Hall–Kier alpha value is -2.79. The van der Waals surface area contributed by atoms with E-state index in [1.807, 2.05) is 30.3 Å². The van der Waals surface area contributed by atoms with Gasteiger partial charge in [0.25, 0.3) is 0 Å². The van der Waals surface area contributed by atoms with E-state index < -0.39 is 10.7 Å². The van der Waals surface area contributed by atoms with Crippen LogP contribution in [-0.2, 0) is 10.7 Å². The van der Waals surface area contributed by atoms with Crippen LogP contribution in [0.2, 0.25) is 0 Å². The molecule has 3 aromatic carbocycles. The summed E-state index contributed by atoms with van der Waals surface area (Å²) in [5.41, 5.74) is 7.75. The lowest BCUT2D eigenvalue weighted by atomic mass is 10.1. The maximum atomic E-state index is 11.5. The Bertz CT molecular complexity index is 880. The van der Waals surface area contributed by atoms with E-state index in [0.717, 1.165) is 5.56 Å². The molecule has 0 heterocycles. The van der Waals surface area contributed by atoms with Gasteiger partial charge in [-0.05, 0) is 48.0 Å². The van der Waals surface area contributed by atoms with E-state index in [0.29, 0.717) is 22.7 Å². The van der Waals surface area contributed by atoms with Crippen molar-refractivity contribution in [1.82, 2.24) is 0 Å². The van der Waals surface area contributed by atoms with Crippen molar-refractivity contribution in [1.29, 1.82) is 0 Å². The average Bonchev–Trinajstić information content (AvgIpc) is 2.57. The van der Waals surface area contributed by atoms with E-state index in [9.17, 15) is 8.42 Å².